The van der Waals surface area contributed by atoms with Crippen molar-refractivity contribution in [2.45, 2.75) is 44.6 Å². The van der Waals surface area contributed by atoms with Crippen LogP contribution in [0.25, 0.3) is 0 Å². The molecule has 1 N–H and O–H groups in total. The van der Waals surface area contributed by atoms with Gasteiger partial charge in [0.25, 0.3) is 0 Å². The molecule has 0 bridgehead atoms. The normalized spacial score (nSPS) is 19.6. The zero-order valence-corrected chi connectivity index (χ0v) is 10.2. The summed E-state index contributed by atoms with van der Waals surface area (Å²) < 4.78 is 0. The Bertz CT molecular complexity index is 319. The lowest BCUT2D eigenvalue weighted by Gasteiger charge is -2.23. The van der Waals surface area contributed by atoms with E-state index in [-0.39, 0.29) is 0 Å². The number of pyridine rings is 1. The lowest BCUT2D eigenvalue weighted by atomic mass is 9.85. The summed E-state index contributed by atoms with van der Waals surface area (Å²) in [7, 11) is 0. The Morgan fingerprint density at radius 3 is 2.69 bits per heavy atom. The minimum atomic E-state index is -0.430. The van der Waals surface area contributed by atoms with Gasteiger partial charge in [0.2, 0.25) is 0 Å². The van der Waals surface area contributed by atoms with Crippen molar-refractivity contribution in [3.8, 4) is 0 Å². The molecule has 1 aliphatic rings. The molecule has 1 unspecified atom stereocenters. The Morgan fingerprint density at radius 2 is 2.06 bits per heavy atom. The minimum Gasteiger partial charge on any atom is -0.387 e. The van der Waals surface area contributed by atoms with Crippen LogP contribution < -0.4 is 0 Å². The van der Waals surface area contributed by atoms with Crippen molar-refractivity contribution in [2.24, 2.45) is 5.92 Å². The summed E-state index contributed by atoms with van der Waals surface area (Å²) in [6.07, 6.45) is 8.49. The monoisotopic (exact) mass is 239 g/mol. The first-order valence-corrected chi connectivity index (χ1v) is 6.43. The van der Waals surface area contributed by atoms with Gasteiger partial charge >= 0.3 is 0 Å². The van der Waals surface area contributed by atoms with Crippen LogP contribution in [0, 0.1) is 5.92 Å². The Morgan fingerprint density at radius 1 is 1.31 bits per heavy atom. The van der Waals surface area contributed by atoms with Crippen molar-refractivity contribution in [2.75, 3.05) is 0 Å². The van der Waals surface area contributed by atoms with Gasteiger partial charge in [-0.1, -0.05) is 43.7 Å². The minimum absolute atomic E-state index is 0.430. The molecule has 16 heavy (non-hydrogen) atoms. The summed E-state index contributed by atoms with van der Waals surface area (Å²) in [5, 5.41) is 10.7. The summed E-state index contributed by atoms with van der Waals surface area (Å²) in [5.41, 5.74) is 0.745. The van der Waals surface area contributed by atoms with Gasteiger partial charge in [0.15, 0.2) is 0 Å². The maximum atomic E-state index is 10.1. The first kappa shape index (κ1) is 11.9. The first-order chi connectivity index (χ1) is 7.75. The lowest BCUT2D eigenvalue weighted by molar-refractivity contribution is 0.127. The number of halogens is 1. The molecule has 2 rings (SSSR count). The number of hydrogen-bond donors (Lipinski definition) is 1. The average Bonchev–Trinajstić information content (AvgIpc) is 2.31. The van der Waals surface area contributed by atoms with E-state index in [0.29, 0.717) is 10.9 Å². The number of aliphatic hydroxyl groups is 1. The molecule has 0 aromatic carbocycles. The van der Waals surface area contributed by atoms with Crippen LogP contribution in [-0.2, 0) is 0 Å². The predicted octanol–water partition coefficient (Wildman–Crippen LogP) is 3.74. The van der Waals surface area contributed by atoms with Crippen molar-refractivity contribution >= 4 is 11.6 Å². The van der Waals surface area contributed by atoms with Crippen molar-refractivity contribution < 1.29 is 5.11 Å². The molecule has 0 spiro atoms. The summed E-state index contributed by atoms with van der Waals surface area (Å²) in [6, 6.07) is 3.60. The average molecular weight is 240 g/mol. The zero-order chi connectivity index (χ0) is 11.4. The first-order valence-electron chi connectivity index (χ1n) is 6.05. The molecular formula is C13H18ClNO. The molecule has 0 radical (unpaired) electrons. The third kappa shape index (κ3) is 3.19. The highest BCUT2D eigenvalue weighted by Gasteiger charge is 2.19. The Labute approximate surface area is 102 Å². The van der Waals surface area contributed by atoms with Gasteiger partial charge in [0.1, 0.15) is 0 Å². The summed E-state index contributed by atoms with van der Waals surface area (Å²) in [5.74, 6) is 0.668. The van der Waals surface area contributed by atoms with Gasteiger partial charge < -0.3 is 5.11 Å². The van der Waals surface area contributed by atoms with Gasteiger partial charge in [-0.3, -0.25) is 4.98 Å². The molecule has 2 nitrogen and oxygen atoms in total. The van der Waals surface area contributed by atoms with Gasteiger partial charge in [0, 0.05) is 6.20 Å². The van der Waals surface area contributed by atoms with E-state index < -0.39 is 6.10 Å². The van der Waals surface area contributed by atoms with E-state index in [1.165, 1.54) is 32.1 Å². The zero-order valence-electron chi connectivity index (χ0n) is 9.40. The molecular weight excluding hydrogens is 222 g/mol. The van der Waals surface area contributed by atoms with Gasteiger partial charge in [0.05, 0.1) is 16.8 Å². The molecule has 88 valence electrons. The number of hydrogen-bond acceptors (Lipinski definition) is 2. The van der Waals surface area contributed by atoms with Gasteiger partial charge in [-0.15, -0.1) is 0 Å². The molecule has 1 heterocycles. The van der Waals surface area contributed by atoms with Gasteiger partial charge in [-0.2, -0.15) is 0 Å². The summed E-state index contributed by atoms with van der Waals surface area (Å²) >= 11 is 5.76. The topological polar surface area (TPSA) is 33.1 Å². The van der Waals surface area contributed by atoms with Crippen LogP contribution in [0.4, 0.5) is 0 Å². The van der Waals surface area contributed by atoms with Crippen molar-refractivity contribution in [1.29, 1.82) is 0 Å². The van der Waals surface area contributed by atoms with Crippen LogP contribution in [-0.4, -0.2) is 10.1 Å². The van der Waals surface area contributed by atoms with E-state index in [4.69, 9.17) is 11.6 Å². The number of nitrogens with zero attached hydrogens (tertiary/aromatic N) is 1. The van der Waals surface area contributed by atoms with E-state index >= 15 is 0 Å². The Hall–Kier alpha value is -0.600. The number of aromatic nitrogens is 1. The second kappa shape index (κ2) is 5.65. The highest BCUT2D eigenvalue weighted by molar-refractivity contribution is 6.30. The molecule has 0 amide bonds. The molecule has 1 fully saturated rings. The third-order valence-corrected chi connectivity index (χ3v) is 3.60. The van der Waals surface area contributed by atoms with Crippen LogP contribution in [0.5, 0.6) is 0 Å². The van der Waals surface area contributed by atoms with E-state index in [0.717, 1.165) is 12.1 Å². The maximum Gasteiger partial charge on any atom is 0.0962 e. The fraction of sp³-hybridized carbons (Fsp3) is 0.615. The van der Waals surface area contributed by atoms with E-state index in [1.807, 2.05) is 6.07 Å². The van der Waals surface area contributed by atoms with Gasteiger partial charge in [-0.25, -0.2) is 0 Å². The molecule has 3 heteroatoms. The van der Waals surface area contributed by atoms with E-state index in [1.54, 1.807) is 12.3 Å². The van der Waals surface area contributed by atoms with Crippen molar-refractivity contribution in [1.82, 2.24) is 4.98 Å². The third-order valence-electron chi connectivity index (χ3n) is 3.37. The molecule has 1 saturated carbocycles. The fourth-order valence-corrected chi connectivity index (χ4v) is 2.56. The predicted molar refractivity (Wildman–Crippen MR) is 65.4 cm³/mol. The molecule has 1 atom stereocenters. The van der Waals surface area contributed by atoms with E-state index in [2.05, 4.69) is 4.98 Å². The molecule has 0 aliphatic heterocycles. The molecule has 1 aliphatic carbocycles. The highest BCUT2D eigenvalue weighted by Crippen LogP contribution is 2.31. The van der Waals surface area contributed by atoms with Crippen LogP contribution in [0.3, 0.4) is 0 Å². The fourth-order valence-electron chi connectivity index (χ4n) is 2.44. The van der Waals surface area contributed by atoms with Crippen molar-refractivity contribution in [3.05, 3.63) is 29.0 Å². The smallest absolute Gasteiger partial charge is 0.0962 e. The standard InChI is InChI=1S/C13H18ClNO/c14-11-6-7-12(15-9-11)13(16)8-10-4-2-1-3-5-10/h6-7,9-10,13,16H,1-5,8H2. The molecule has 1 aromatic rings. The van der Waals surface area contributed by atoms with Crippen molar-refractivity contribution in [3.63, 3.8) is 0 Å². The molecule has 1 aromatic heterocycles. The molecule has 0 saturated heterocycles. The number of aliphatic hydroxyl groups excluding tert-OH is 1. The summed E-state index contributed by atoms with van der Waals surface area (Å²) in [4.78, 5) is 4.16. The second-order valence-electron chi connectivity index (χ2n) is 4.66. The SMILES string of the molecule is OC(CC1CCCCC1)c1ccc(Cl)cn1. The number of rotatable bonds is 3. The summed E-state index contributed by atoms with van der Waals surface area (Å²) in [6.45, 7) is 0. The van der Waals surface area contributed by atoms with Crippen LogP contribution in [0.15, 0.2) is 18.3 Å². The van der Waals surface area contributed by atoms with Crippen LogP contribution >= 0.6 is 11.6 Å². The van der Waals surface area contributed by atoms with E-state index in [9.17, 15) is 5.11 Å². The Kier molecular flexibility index (Phi) is 4.19. The highest BCUT2D eigenvalue weighted by atomic mass is 35.5. The second-order valence-corrected chi connectivity index (χ2v) is 5.09. The quantitative estimate of drug-likeness (QED) is 0.872. The lowest BCUT2D eigenvalue weighted by Crippen LogP contribution is -2.11. The van der Waals surface area contributed by atoms with Crippen LogP contribution in [0.2, 0.25) is 5.02 Å². The van der Waals surface area contributed by atoms with Gasteiger partial charge in [-0.05, 0) is 24.5 Å². The Balaban J connectivity index is 1.91. The largest absolute Gasteiger partial charge is 0.387 e. The maximum absolute atomic E-state index is 10.1. The van der Waals surface area contributed by atoms with Crippen LogP contribution in [0.1, 0.15) is 50.3 Å².